The fourth-order valence-corrected chi connectivity index (χ4v) is 3.06. The highest BCUT2D eigenvalue weighted by Crippen LogP contribution is 2.33. The van der Waals surface area contributed by atoms with Gasteiger partial charge >= 0.3 is 0 Å². The van der Waals surface area contributed by atoms with Gasteiger partial charge in [0.05, 0.1) is 6.61 Å². The van der Waals surface area contributed by atoms with Gasteiger partial charge in [-0.2, -0.15) is 0 Å². The van der Waals surface area contributed by atoms with Gasteiger partial charge in [0.2, 0.25) is 0 Å². The topological polar surface area (TPSA) is 60.0 Å². The second kappa shape index (κ2) is 6.37. The number of benzene rings is 1. The monoisotopic (exact) mass is 318 g/mol. The first-order chi connectivity index (χ1) is 11.3. The Morgan fingerprint density at radius 2 is 2.00 bits per heavy atom. The molecule has 4 rings (SSSR count). The number of morpholine rings is 1. The lowest BCUT2D eigenvalue weighted by Gasteiger charge is -2.30. The number of rotatable bonds is 4. The summed E-state index contributed by atoms with van der Waals surface area (Å²) in [5.74, 6) is 1.64. The molecule has 2 heterocycles. The molecule has 1 atom stereocenters. The third kappa shape index (κ3) is 3.28. The molecule has 2 fully saturated rings. The van der Waals surface area contributed by atoms with Gasteiger partial charge in [0.15, 0.2) is 11.5 Å². The molecular weight excluding hydrogens is 296 g/mol. The van der Waals surface area contributed by atoms with Gasteiger partial charge in [-0.05, 0) is 30.5 Å². The van der Waals surface area contributed by atoms with E-state index >= 15 is 0 Å². The number of ether oxygens (including phenoxy) is 3. The molecular formula is C17H22N2O4. The van der Waals surface area contributed by atoms with Crippen molar-refractivity contribution in [2.45, 2.75) is 31.5 Å². The van der Waals surface area contributed by atoms with Crippen LogP contribution in [0.1, 0.15) is 18.4 Å². The number of hydrogen-bond donors (Lipinski definition) is 1. The highest BCUT2D eigenvalue weighted by Gasteiger charge is 2.36. The minimum atomic E-state index is -0.360. The zero-order valence-electron chi connectivity index (χ0n) is 13.1. The largest absolute Gasteiger partial charge is 0.486 e. The molecule has 3 aliphatic rings. The number of fused-ring (bicyclic) bond motifs is 1. The second-order valence-corrected chi connectivity index (χ2v) is 6.24. The van der Waals surface area contributed by atoms with Crippen molar-refractivity contribution in [3.05, 3.63) is 23.8 Å². The maximum absolute atomic E-state index is 12.8. The molecule has 23 heavy (non-hydrogen) atoms. The fourth-order valence-electron chi connectivity index (χ4n) is 3.06. The molecule has 2 aliphatic heterocycles. The van der Waals surface area contributed by atoms with Crippen molar-refractivity contribution < 1.29 is 19.0 Å². The lowest BCUT2D eigenvalue weighted by Crippen LogP contribution is -2.49. The van der Waals surface area contributed by atoms with E-state index in [4.69, 9.17) is 14.2 Å². The summed E-state index contributed by atoms with van der Waals surface area (Å²) in [5.41, 5.74) is 1.07. The molecule has 1 aromatic carbocycles. The molecule has 0 unspecified atom stereocenters. The molecule has 0 spiro atoms. The highest BCUT2D eigenvalue weighted by molar-refractivity contribution is 5.82. The summed E-state index contributed by atoms with van der Waals surface area (Å²) in [5, 5.41) is 3.23. The summed E-state index contributed by atoms with van der Waals surface area (Å²) in [6.45, 7) is 3.77. The van der Waals surface area contributed by atoms with Crippen molar-refractivity contribution in [2.75, 3.05) is 32.9 Å². The van der Waals surface area contributed by atoms with Crippen LogP contribution in [-0.4, -0.2) is 55.9 Å². The molecule has 1 aromatic rings. The number of carbonyl (C=O) groups is 1. The van der Waals surface area contributed by atoms with Crippen LogP contribution in [0.3, 0.4) is 0 Å². The first-order valence-electron chi connectivity index (χ1n) is 8.32. The van der Waals surface area contributed by atoms with E-state index in [1.807, 2.05) is 23.1 Å². The zero-order valence-corrected chi connectivity index (χ0v) is 13.1. The Morgan fingerprint density at radius 3 is 2.74 bits per heavy atom. The fraction of sp³-hybridized carbons (Fsp3) is 0.588. The van der Waals surface area contributed by atoms with E-state index in [-0.39, 0.29) is 12.0 Å². The van der Waals surface area contributed by atoms with Gasteiger partial charge in [0, 0.05) is 25.7 Å². The first-order valence-corrected chi connectivity index (χ1v) is 8.32. The average Bonchev–Trinajstić information content (AvgIpc) is 3.45. The van der Waals surface area contributed by atoms with E-state index in [1.165, 1.54) is 0 Å². The van der Waals surface area contributed by atoms with Crippen LogP contribution in [0.15, 0.2) is 18.2 Å². The molecule has 6 heteroatoms. The predicted octanol–water partition coefficient (Wildman–Crippen LogP) is 0.937. The molecule has 1 N–H and O–H groups in total. The molecule has 1 aliphatic carbocycles. The lowest BCUT2D eigenvalue weighted by molar-refractivity contribution is -0.146. The number of amides is 1. The van der Waals surface area contributed by atoms with Gasteiger partial charge in [0.25, 0.3) is 5.91 Å². The Hall–Kier alpha value is -1.79. The van der Waals surface area contributed by atoms with Gasteiger partial charge < -0.3 is 24.4 Å². The van der Waals surface area contributed by atoms with Crippen molar-refractivity contribution in [2.24, 2.45) is 0 Å². The van der Waals surface area contributed by atoms with Crippen molar-refractivity contribution in [3.8, 4) is 11.5 Å². The zero-order chi connectivity index (χ0) is 15.6. The molecule has 1 saturated heterocycles. The van der Waals surface area contributed by atoms with Gasteiger partial charge in [0.1, 0.15) is 19.3 Å². The number of nitrogens with zero attached hydrogens (tertiary/aromatic N) is 1. The summed E-state index contributed by atoms with van der Waals surface area (Å²) in [6.07, 6.45) is 1.80. The minimum Gasteiger partial charge on any atom is -0.486 e. The Kier molecular flexibility index (Phi) is 4.10. The van der Waals surface area contributed by atoms with Crippen LogP contribution in [0.5, 0.6) is 11.5 Å². The Balaban J connectivity index is 1.49. The quantitative estimate of drug-likeness (QED) is 0.895. The smallest absolute Gasteiger partial charge is 0.253 e. The predicted molar refractivity (Wildman–Crippen MR) is 83.6 cm³/mol. The van der Waals surface area contributed by atoms with E-state index < -0.39 is 0 Å². The molecule has 1 saturated carbocycles. The van der Waals surface area contributed by atoms with Crippen LogP contribution in [0, 0.1) is 0 Å². The highest BCUT2D eigenvalue weighted by atomic mass is 16.6. The second-order valence-electron chi connectivity index (χ2n) is 6.24. The Morgan fingerprint density at radius 1 is 1.17 bits per heavy atom. The minimum absolute atomic E-state index is 0.0922. The molecule has 6 nitrogen and oxygen atoms in total. The van der Waals surface area contributed by atoms with Gasteiger partial charge in [-0.1, -0.05) is 6.07 Å². The first kappa shape index (κ1) is 14.8. The standard InChI is InChI=1S/C17H22N2O4/c20-17(16-10-18-5-6-21-16)19(13-2-3-13)11-12-1-4-14-15(9-12)23-8-7-22-14/h1,4,9,13,16,18H,2-3,5-8,10-11H2/t16-/m1/s1. The number of carbonyl (C=O) groups excluding carboxylic acids is 1. The van der Waals surface area contributed by atoms with Crippen LogP contribution in [0.2, 0.25) is 0 Å². The van der Waals surface area contributed by atoms with E-state index in [2.05, 4.69) is 5.32 Å². The van der Waals surface area contributed by atoms with E-state index in [0.29, 0.717) is 39.0 Å². The lowest BCUT2D eigenvalue weighted by atomic mass is 10.1. The van der Waals surface area contributed by atoms with Crippen molar-refractivity contribution in [1.82, 2.24) is 10.2 Å². The summed E-state index contributed by atoms with van der Waals surface area (Å²) >= 11 is 0. The number of hydrogen-bond acceptors (Lipinski definition) is 5. The van der Waals surface area contributed by atoms with Crippen molar-refractivity contribution >= 4 is 5.91 Å². The van der Waals surface area contributed by atoms with Crippen molar-refractivity contribution in [3.63, 3.8) is 0 Å². The Labute approximate surface area is 135 Å². The van der Waals surface area contributed by atoms with Crippen molar-refractivity contribution in [1.29, 1.82) is 0 Å². The van der Waals surface area contributed by atoms with E-state index in [1.54, 1.807) is 0 Å². The normalized spacial score (nSPS) is 23.4. The third-order valence-corrected chi connectivity index (χ3v) is 4.43. The van der Waals surface area contributed by atoms with Crippen LogP contribution >= 0.6 is 0 Å². The van der Waals surface area contributed by atoms with Gasteiger partial charge in [-0.15, -0.1) is 0 Å². The summed E-state index contributed by atoms with van der Waals surface area (Å²) < 4.78 is 16.8. The SMILES string of the molecule is O=C([C@H]1CNCCO1)N(Cc1ccc2c(c1)OCCO2)C1CC1. The summed E-state index contributed by atoms with van der Waals surface area (Å²) in [7, 11) is 0. The maximum atomic E-state index is 12.8. The average molecular weight is 318 g/mol. The maximum Gasteiger partial charge on any atom is 0.253 e. The summed E-state index contributed by atoms with van der Waals surface area (Å²) in [4.78, 5) is 14.7. The number of nitrogens with one attached hydrogen (secondary N) is 1. The van der Waals surface area contributed by atoms with E-state index in [0.717, 1.165) is 36.4 Å². The molecule has 0 bridgehead atoms. The molecule has 1 amide bonds. The van der Waals surface area contributed by atoms with Crippen LogP contribution in [0.4, 0.5) is 0 Å². The van der Waals surface area contributed by atoms with Gasteiger partial charge in [-0.25, -0.2) is 0 Å². The van der Waals surface area contributed by atoms with Crippen LogP contribution in [-0.2, 0) is 16.1 Å². The Bertz CT molecular complexity index is 582. The van der Waals surface area contributed by atoms with Gasteiger partial charge in [-0.3, -0.25) is 4.79 Å². The molecule has 0 aromatic heterocycles. The van der Waals surface area contributed by atoms with Crippen LogP contribution < -0.4 is 14.8 Å². The van der Waals surface area contributed by atoms with Crippen LogP contribution in [0.25, 0.3) is 0 Å². The third-order valence-electron chi connectivity index (χ3n) is 4.43. The molecule has 124 valence electrons. The summed E-state index contributed by atoms with van der Waals surface area (Å²) in [6, 6.07) is 6.27. The van der Waals surface area contributed by atoms with E-state index in [9.17, 15) is 4.79 Å². The molecule has 0 radical (unpaired) electrons.